The van der Waals surface area contributed by atoms with Crippen molar-refractivity contribution in [2.75, 3.05) is 6.54 Å². The van der Waals surface area contributed by atoms with Gasteiger partial charge in [0, 0.05) is 24.5 Å². The molecule has 0 aliphatic rings. The first-order valence-electron chi connectivity index (χ1n) is 8.58. The minimum atomic E-state index is -0.547. The van der Waals surface area contributed by atoms with Gasteiger partial charge in [-0.1, -0.05) is 48.5 Å². The highest BCUT2D eigenvalue weighted by Gasteiger charge is 2.13. The Morgan fingerprint density at radius 3 is 2.27 bits per heavy atom. The molecule has 0 aliphatic heterocycles. The maximum atomic E-state index is 12.1. The zero-order valence-electron chi connectivity index (χ0n) is 14.6. The van der Waals surface area contributed by atoms with E-state index in [1.54, 1.807) is 19.3 Å². The summed E-state index contributed by atoms with van der Waals surface area (Å²) in [4.78, 5) is 20.9. The van der Waals surface area contributed by atoms with Crippen LogP contribution in [0.25, 0.3) is 11.4 Å². The minimum Gasteiger partial charge on any atom is -0.481 e. The monoisotopic (exact) mass is 347 g/mol. The number of para-hydroxylation sites is 1. The SMILES string of the molecule is CC(Oc1ccccc1)C(=O)NCCc1cnc(-c2ccccc2)nc1. The summed E-state index contributed by atoms with van der Waals surface area (Å²) in [5, 5.41) is 2.88. The third-order valence-corrected chi connectivity index (χ3v) is 3.88. The fourth-order valence-corrected chi connectivity index (χ4v) is 2.45. The Kier molecular flexibility index (Phi) is 5.93. The molecule has 0 spiro atoms. The molecule has 5 heteroatoms. The normalized spacial score (nSPS) is 11.6. The Balaban J connectivity index is 1.46. The topological polar surface area (TPSA) is 64.1 Å². The second-order valence-corrected chi connectivity index (χ2v) is 5.90. The molecule has 1 amide bonds. The molecule has 5 nitrogen and oxygen atoms in total. The van der Waals surface area contributed by atoms with Crippen LogP contribution in [0.5, 0.6) is 5.75 Å². The highest BCUT2D eigenvalue weighted by molar-refractivity contribution is 5.80. The van der Waals surface area contributed by atoms with Crippen molar-refractivity contribution >= 4 is 5.91 Å². The van der Waals surface area contributed by atoms with Gasteiger partial charge in [-0.3, -0.25) is 4.79 Å². The first-order chi connectivity index (χ1) is 12.7. The fraction of sp³-hybridized carbons (Fsp3) is 0.190. The van der Waals surface area contributed by atoms with Crippen LogP contribution in [0.1, 0.15) is 12.5 Å². The minimum absolute atomic E-state index is 0.143. The van der Waals surface area contributed by atoms with Crippen LogP contribution < -0.4 is 10.1 Å². The van der Waals surface area contributed by atoms with E-state index in [0.717, 1.165) is 11.1 Å². The Bertz CT molecular complexity index is 821. The van der Waals surface area contributed by atoms with E-state index in [1.165, 1.54) is 0 Å². The van der Waals surface area contributed by atoms with Crippen molar-refractivity contribution in [1.82, 2.24) is 15.3 Å². The third-order valence-electron chi connectivity index (χ3n) is 3.88. The van der Waals surface area contributed by atoms with Crippen LogP contribution in [0.4, 0.5) is 0 Å². The Morgan fingerprint density at radius 2 is 1.62 bits per heavy atom. The van der Waals surface area contributed by atoms with Gasteiger partial charge in [-0.15, -0.1) is 0 Å². The lowest BCUT2D eigenvalue weighted by molar-refractivity contribution is -0.127. The summed E-state index contributed by atoms with van der Waals surface area (Å²) < 4.78 is 5.61. The number of carbonyl (C=O) groups is 1. The molecule has 0 aliphatic carbocycles. The average Bonchev–Trinajstić information content (AvgIpc) is 2.70. The lowest BCUT2D eigenvalue weighted by Crippen LogP contribution is -2.37. The molecule has 1 atom stereocenters. The molecule has 3 aromatic rings. The molecular formula is C21H21N3O2. The van der Waals surface area contributed by atoms with Crippen LogP contribution in [-0.2, 0) is 11.2 Å². The molecule has 0 saturated heterocycles. The molecule has 0 radical (unpaired) electrons. The number of hydrogen-bond acceptors (Lipinski definition) is 4. The van der Waals surface area contributed by atoms with E-state index in [0.29, 0.717) is 24.5 Å². The number of nitrogens with zero attached hydrogens (tertiary/aromatic N) is 2. The summed E-state index contributed by atoms with van der Waals surface area (Å²) in [6.07, 6.45) is 3.71. The van der Waals surface area contributed by atoms with E-state index in [-0.39, 0.29) is 5.91 Å². The highest BCUT2D eigenvalue weighted by atomic mass is 16.5. The molecular weight excluding hydrogens is 326 g/mol. The Hall–Kier alpha value is -3.21. The number of hydrogen-bond donors (Lipinski definition) is 1. The predicted octanol–water partition coefficient (Wildman–Crippen LogP) is 3.27. The summed E-state index contributed by atoms with van der Waals surface area (Å²) in [5.41, 5.74) is 1.96. The third kappa shape index (κ3) is 4.89. The number of ether oxygens (including phenoxy) is 1. The smallest absolute Gasteiger partial charge is 0.260 e. The molecule has 3 rings (SSSR count). The molecule has 1 N–H and O–H groups in total. The molecule has 1 heterocycles. The molecule has 26 heavy (non-hydrogen) atoms. The van der Waals surface area contributed by atoms with Crippen molar-refractivity contribution in [1.29, 1.82) is 0 Å². The van der Waals surface area contributed by atoms with Gasteiger partial charge < -0.3 is 10.1 Å². The molecule has 132 valence electrons. The van der Waals surface area contributed by atoms with E-state index in [9.17, 15) is 4.79 Å². The standard InChI is InChI=1S/C21H21N3O2/c1-16(26-19-10-6-3-7-11-19)21(25)22-13-12-17-14-23-20(24-15-17)18-8-4-2-5-9-18/h2-11,14-16H,12-13H2,1H3,(H,22,25). The lowest BCUT2D eigenvalue weighted by Gasteiger charge is -2.14. The van der Waals surface area contributed by atoms with Crippen molar-refractivity contribution in [3.63, 3.8) is 0 Å². The Morgan fingerprint density at radius 1 is 1.00 bits per heavy atom. The second-order valence-electron chi connectivity index (χ2n) is 5.90. The summed E-state index contributed by atoms with van der Waals surface area (Å²) in [5.74, 6) is 1.24. The number of nitrogens with one attached hydrogen (secondary N) is 1. The number of amides is 1. The van der Waals surface area contributed by atoms with Crippen molar-refractivity contribution < 1.29 is 9.53 Å². The quantitative estimate of drug-likeness (QED) is 0.712. The number of rotatable bonds is 7. The van der Waals surface area contributed by atoms with Gasteiger partial charge in [0.1, 0.15) is 5.75 Å². The largest absolute Gasteiger partial charge is 0.481 e. The predicted molar refractivity (Wildman–Crippen MR) is 101 cm³/mol. The van der Waals surface area contributed by atoms with Crippen LogP contribution in [0.15, 0.2) is 73.1 Å². The van der Waals surface area contributed by atoms with Crippen LogP contribution in [0, 0.1) is 0 Å². The van der Waals surface area contributed by atoms with Crippen molar-refractivity contribution in [2.45, 2.75) is 19.4 Å². The average molecular weight is 347 g/mol. The van der Waals surface area contributed by atoms with Gasteiger partial charge in [0.15, 0.2) is 11.9 Å². The molecule has 1 unspecified atom stereocenters. The van der Waals surface area contributed by atoms with Gasteiger partial charge in [0.25, 0.3) is 5.91 Å². The fourth-order valence-electron chi connectivity index (χ4n) is 2.45. The first kappa shape index (κ1) is 17.6. The van der Waals surface area contributed by atoms with Gasteiger partial charge in [0.05, 0.1) is 0 Å². The number of aromatic nitrogens is 2. The van der Waals surface area contributed by atoms with Gasteiger partial charge in [0.2, 0.25) is 0 Å². The van der Waals surface area contributed by atoms with Gasteiger partial charge in [-0.25, -0.2) is 9.97 Å². The van der Waals surface area contributed by atoms with E-state index in [2.05, 4.69) is 15.3 Å². The summed E-state index contributed by atoms with van der Waals surface area (Å²) in [7, 11) is 0. The number of carbonyl (C=O) groups excluding carboxylic acids is 1. The molecule has 2 aromatic carbocycles. The molecule has 0 fully saturated rings. The van der Waals surface area contributed by atoms with Crippen LogP contribution in [0.3, 0.4) is 0 Å². The zero-order chi connectivity index (χ0) is 18.2. The maximum absolute atomic E-state index is 12.1. The second kappa shape index (κ2) is 8.76. The lowest BCUT2D eigenvalue weighted by atomic mass is 10.2. The molecule has 0 bridgehead atoms. The van der Waals surface area contributed by atoms with Crippen molar-refractivity contribution in [3.05, 3.63) is 78.6 Å². The highest BCUT2D eigenvalue weighted by Crippen LogP contribution is 2.13. The van der Waals surface area contributed by atoms with Gasteiger partial charge in [-0.05, 0) is 31.0 Å². The van der Waals surface area contributed by atoms with E-state index in [1.807, 2.05) is 60.7 Å². The van der Waals surface area contributed by atoms with E-state index in [4.69, 9.17) is 4.74 Å². The van der Waals surface area contributed by atoms with Crippen LogP contribution >= 0.6 is 0 Å². The maximum Gasteiger partial charge on any atom is 0.260 e. The van der Waals surface area contributed by atoms with Crippen molar-refractivity contribution in [2.24, 2.45) is 0 Å². The summed E-state index contributed by atoms with van der Waals surface area (Å²) >= 11 is 0. The van der Waals surface area contributed by atoms with Crippen LogP contribution in [0.2, 0.25) is 0 Å². The van der Waals surface area contributed by atoms with Crippen molar-refractivity contribution in [3.8, 4) is 17.1 Å². The van der Waals surface area contributed by atoms with E-state index < -0.39 is 6.10 Å². The molecule has 0 saturated carbocycles. The summed E-state index contributed by atoms with van der Waals surface area (Å²) in [6.45, 7) is 2.25. The summed E-state index contributed by atoms with van der Waals surface area (Å²) in [6, 6.07) is 19.1. The zero-order valence-corrected chi connectivity index (χ0v) is 14.6. The number of benzene rings is 2. The Labute approximate surface area is 153 Å². The van der Waals surface area contributed by atoms with E-state index >= 15 is 0 Å². The molecule has 1 aromatic heterocycles. The van der Waals surface area contributed by atoms with Gasteiger partial charge in [-0.2, -0.15) is 0 Å². The van der Waals surface area contributed by atoms with Gasteiger partial charge >= 0.3 is 0 Å². The van der Waals surface area contributed by atoms with Crippen LogP contribution in [-0.4, -0.2) is 28.5 Å². The first-order valence-corrected chi connectivity index (χ1v) is 8.58.